The number of rotatable bonds is 5. The first-order valence-corrected chi connectivity index (χ1v) is 6.67. The topological polar surface area (TPSA) is 29.5 Å². The Hall–Kier alpha value is -1.06. The minimum atomic E-state index is -0.782. The number of hydrogen-bond donors (Lipinski definition) is 1. The summed E-state index contributed by atoms with van der Waals surface area (Å²) in [7, 11) is 0. The van der Waals surface area contributed by atoms with E-state index >= 15 is 0 Å². The lowest BCUT2D eigenvalue weighted by atomic mass is 10.1. The van der Waals surface area contributed by atoms with Crippen LogP contribution in [0.25, 0.3) is 0 Å². The number of benzene rings is 2. The van der Waals surface area contributed by atoms with Crippen LogP contribution in [0.1, 0.15) is 17.2 Å². The first kappa shape index (κ1) is 14.4. The second-order valence-electron chi connectivity index (χ2n) is 4.16. The minimum absolute atomic E-state index is 0.176. The molecule has 0 saturated heterocycles. The highest BCUT2D eigenvalue weighted by molar-refractivity contribution is 6.42. The average Bonchev–Trinajstić information content (AvgIpc) is 2.43. The molecule has 2 rings (SSSR count). The van der Waals surface area contributed by atoms with E-state index < -0.39 is 6.10 Å². The van der Waals surface area contributed by atoms with Gasteiger partial charge in [-0.25, -0.2) is 0 Å². The van der Waals surface area contributed by atoms with Gasteiger partial charge in [0.25, 0.3) is 0 Å². The molecule has 0 amide bonds. The van der Waals surface area contributed by atoms with E-state index in [9.17, 15) is 5.11 Å². The average molecular weight is 297 g/mol. The molecule has 0 spiro atoms. The van der Waals surface area contributed by atoms with Crippen molar-refractivity contribution in [2.45, 2.75) is 12.7 Å². The summed E-state index contributed by atoms with van der Waals surface area (Å²) in [6.07, 6.45) is -0.782. The van der Waals surface area contributed by atoms with Crippen LogP contribution in [-0.4, -0.2) is 11.7 Å². The first-order valence-electron chi connectivity index (χ1n) is 5.92. The van der Waals surface area contributed by atoms with E-state index in [1.54, 1.807) is 18.2 Å². The molecule has 1 unspecified atom stereocenters. The van der Waals surface area contributed by atoms with Gasteiger partial charge in [0.15, 0.2) is 0 Å². The molecule has 2 aromatic rings. The maximum atomic E-state index is 10.0. The van der Waals surface area contributed by atoms with E-state index in [1.807, 2.05) is 30.3 Å². The maximum Gasteiger partial charge on any atom is 0.104 e. The van der Waals surface area contributed by atoms with Crippen molar-refractivity contribution in [1.82, 2.24) is 0 Å². The fourth-order valence-electron chi connectivity index (χ4n) is 1.73. The zero-order chi connectivity index (χ0) is 13.7. The summed E-state index contributed by atoms with van der Waals surface area (Å²) in [5.74, 6) is 0. The van der Waals surface area contributed by atoms with E-state index in [1.165, 1.54) is 0 Å². The fourth-order valence-corrected chi connectivity index (χ4v) is 2.16. The van der Waals surface area contributed by atoms with Gasteiger partial charge < -0.3 is 9.84 Å². The smallest absolute Gasteiger partial charge is 0.104 e. The quantitative estimate of drug-likeness (QED) is 0.894. The molecule has 0 fully saturated rings. The standard InChI is InChI=1S/C15H14Cl2O2/c16-13-8-4-7-12(15(13)17)14(18)10-19-9-11-5-2-1-3-6-11/h1-8,14,18H,9-10H2. The molecule has 0 aliphatic rings. The van der Waals surface area contributed by atoms with Gasteiger partial charge in [0, 0.05) is 5.56 Å². The van der Waals surface area contributed by atoms with Gasteiger partial charge in [-0.05, 0) is 11.6 Å². The Balaban J connectivity index is 1.91. The van der Waals surface area contributed by atoms with Crippen LogP contribution in [0.2, 0.25) is 10.0 Å². The second kappa shape index (κ2) is 6.92. The maximum absolute atomic E-state index is 10.0. The Morgan fingerprint density at radius 2 is 1.74 bits per heavy atom. The predicted molar refractivity (Wildman–Crippen MR) is 77.5 cm³/mol. The monoisotopic (exact) mass is 296 g/mol. The lowest BCUT2D eigenvalue weighted by Gasteiger charge is -2.14. The lowest BCUT2D eigenvalue weighted by molar-refractivity contribution is 0.0277. The molecule has 100 valence electrons. The van der Waals surface area contributed by atoms with Gasteiger partial charge in [-0.2, -0.15) is 0 Å². The van der Waals surface area contributed by atoms with Gasteiger partial charge in [-0.3, -0.25) is 0 Å². The fraction of sp³-hybridized carbons (Fsp3) is 0.200. The Morgan fingerprint density at radius 1 is 1.00 bits per heavy atom. The normalized spacial score (nSPS) is 12.4. The van der Waals surface area contributed by atoms with Crippen molar-refractivity contribution in [2.24, 2.45) is 0 Å². The highest BCUT2D eigenvalue weighted by atomic mass is 35.5. The van der Waals surface area contributed by atoms with Crippen molar-refractivity contribution in [1.29, 1.82) is 0 Å². The summed E-state index contributed by atoms with van der Waals surface area (Å²) in [4.78, 5) is 0. The summed E-state index contributed by atoms with van der Waals surface area (Å²) in [6, 6.07) is 15.0. The van der Waals surface area contributed by atoms with Gasteiger partial charge in [0.1, 0.15) is 6.10 Å². The Kier molecular flexibility index (Phi) is 5.23. The lowest BCUT2D eigenvalue weighted by Crippen LogP contribution is -2.08. The molecule has 2 aromatic carbocycles. The largest absolute Gasteiger partial charge is 0.386 e. The Bertz CT molecular complexity index is 529. The molecular formula is C15H14Cl2O2. The molecular weight excluding hydrogens is 283 g/mol. The van der Waals surface area contributed by atoms with E-state index in [0.717, 1.165) is 5.56 Å². The van der Waals surface area contributed by atoms with E-state index in [-0.39, 0.29) is 6.61 Å². The molecule has 0 aliphatic carbocycles. The van der Waals surface area contributed by atoms with E-state index in [2.05, 4.69) is 0 Å². The molecule has 19 heavy (non-hydrogen) atoms. The number of aliphatic hydroxyl groups is 1. The summed E-state index contributed by atoms with van der Waals surface area (Å²) < 4.78 is 5.48. The molecule has 0 aliphatic heterocycles. The van der Waals surface area contributed by atoms with Crippen molar-refractivity contribution in [3.8, 4) is 0 Å². The molecule has 4 heteroatoms. The van der Waals surface area contributed by atoms with Gasteiger partial charge in [-0.1, -0.05) is 65.7 Å². The van der Waals surface area contributed by atoms with Crippen LogP contribution in [0.4, 0.5) is 0 Å². The van der Waals surface area contributed by atoms with Crippen LogP contribution in [0.15, 0.2) is 48.5 Å². The van der Waals surface area contributed by atoms with Crippen LogP contribution in [0, 0.1) is 0 Å². The zero-order valence-electron chi connectivity index (χ0n) is 10.2. The van der Waals surface area contributed by atoms with E-state index in [0.29, 0.717) is 22.2 Å². The van der Waals surface area contributed by atoms with Crippen molar-refractivity contribution >= 4 is 23.2 Å². The summed E-state index contributed by atoms with van der Waals surface area (Å²) in [5, 5.41) is 10.8. The molecule has 0 radical (unpaired) electrons. The third-order valence-electron chi connectivity index (χ3n) is 2.73. The minimum Gasteiger partial charge on any atom is -0.386 e. The molecule has 0 bridgehead atoms. The zero-order valence-corrected chi connectivity index (χ0v) is 11.7. The van der Waals surface area contributed by atoms with Crippen molar-refractivity contribution in [3.05, 3.63) is 69.7 Å². The summed E-state index contributed by atoms with van der Waals surface area (Å²) in [6.45, 7) is 0.630. The molecule has 1 N–H and O–H groups in total. The predicted octanol–water partition coefficient (Wildman–Crippen LogP) is 4.24. The first-order chi connectivity index (χ1) is 9.18. The summed E-state index contributed by atoms with van der Waals surface area (Å²) in [5.41, 5.74) is 1.65. The summed E-state index contributed by atoms with van der Waals surface area (Å²) >= 11 is 11.9. The van der Waals surface area contributed by atoms with Crippen LogP contribution >= 0.6 is 23.2 Å². The van der Waals surface area contributed by atoms with Crippen molar-refractivity contribution < 1.29 is 9.84 Å². The molecule has 2 nitrogen and oxygen atoms in total. The number of hydrogen-bond acceptors (Lipinski definition) is 2. The number of halogens is 2. The SMILES string of the molecule is OC(COCc1ccccc1)c1cccc(Cl)c1Cl. The van der Waals surface area contributed by atoms with Crippen molar-refractivity contribution in [2.75, 3.05) is 6.61 Å². The van der Waals surface area contributed by atoms with Gasteiger partial charge in [-0.15, -0.1) is 0 Å². The van der Waals surface area contributed by atoms with Crippen molar-refractivity contribution in [3.63, 3.8) is 0 Å². The highest BCUT2D eigenvalue weighted by Crippen LogP contribution is 2.30. The van der Waals surface area contributed by atoms with Gasteiger partial charge >= 0.3 is 0 Å². The number of aliphatic hydroxyl groups excluding tert-OH is 1. The van der Waals surface area contributed by atoms with Gasteiger partial charge in [0.05, 0.1) is 23.3 Å². The number of ether oxygens (including phenoxy) is 1. The Morgan fingerprint density at radius 3 is 2.47 bits per heavy atom. The Labute approximate surface area is 122 Å². The third kappa shape index (κ3) is 3.95. The molecule has 0 heterocycles. The third-order valence-corrected chi connectivity index (χ3v) is 3.56. The second-order valence-corrected chi connectivity index (χ2v) is 4.94. The van der Waals surface area contributed by atoms with E-state index in [4.69, 9.17) is 27.9 Å². The van der Waals surface area contributed by atoms with Crippen LogP contribution < -0.4 is 0 Å². The molecule has 0 aromatic heterocycles. The van der Waals surface area contributed by atoms with Crippen LogP contribution in [-0.2, 0) is 11.3 Å². The molecule has 0 saturated carbocycles. The van der Waals surface area contributed by atoms with Crippen LogP contribution in [0.3, 0.4) is 0 Å². The highest BCUT2D eigenvalue weighted by Gasteiger charge is 2.13. The van der Waals surface area contributed by atoms with Crippen LogP contribution in [0.5, 0.6) is 0 Å². The molecule has 1 atom stereocenters. The van der Waals surface area contributed by atoms with Gasteiger partial charge in [0.2, 0.25) is 0 Å².